The van der Waals surface area contributed by atoms with Crippen molar-refractivity contribution in [2.45, 2.75) is 32.4 Å². The number of amides is 1. The Bertz CT molecular complexity index is 1030. The molecule has 0 bridgehead atoms. The molecule has 1 N–H and O–H groups in total. The van der Waals surface area contributed by atoms with E-state index in [0.29, 0.717) is 12.1 Å². The summed E-state index contributed by atoms with van der Waals surface area (Å²) in [7, 11) is 0. The average molecular weight is 376 g/mol. The van der Waals surface area contributed by atoms with Crippen LogP contribution in [-0.4, -0.2) is 42.9 Å². The Morgan fingerprint density at radius 2 is 1.75 bits per heavy atom. The summed E-state index contributed by atoms with van der Waals surface area (Å²) in [5.41, 5.74) is 4.14. The normalized spacial score (nSPS) is 15.9. The highest BCUT2D eigenvalue weighted by Crippen LogP contribution is 2.24. The summed E-state index contributed by atoms with van der Waals surface area (Å²) in [5.74, 6) is -1.25. The van der Waals surface area contributed by atoms with Gasteiger partial charge in [-0.15, -0.1) is 5.10 Å². The van der Waals surface area contributed by atoms with Gasteiger partial charge in [0.05, 0.1) is 23.5 Å². The Balaban J connectivity index is 1.58. The Kier molecular flexibility index (Phi) is 4.65. The molecule has 28 heavy (non-hydrogen) atoms. The van der Waals surface area contributed by atoms with Crippen LogP contribution >= 0.6 is 0 Å². The minimum atomic E-state index is -0.993. The molecule has 1 amide bonds. The maximum atomic E-state index is 13.0. The van der Waals surface area contributed by atoms with E-state index in [-0.39, 0.29) is 18.9 Å². The Morgan fingerprint density at radius 1 is 1.07 bits per heavy atom. The van der Waals surface area contributed by atoms with E-state index in [1.807, 2.05) is 61.5 Å². The molecule has 4 rings (SSSR count). The third kappa shape index (κ3) is 3.26. The van der Waals surface area contributed by atoms with E-state index < -0.39 is 12.0 Å². The summed E-state index contributed by atoms with van der Waals surface area (Å²) in [5, 5.41) is 17.9. The molecule has 0 fully saturated rings. The molecule has 7 nitrogen and oxygen atoms in total. The summed E-state index contributed by atoms with van der Waals surface area (Å²) in [4.78, 5) is 26.2. The number of hydrogen-bond acceptors (Lipinski definition) is 4. The second kappa shape index (κ2) is 7.26. The highest BCUT2D eigenvalue weighted by atomic mass is 16.4. The summed E-state index contributed by atoms with van der Waals surface area (Å²) in [6, 6.07) is 16.3. The van der Waals surface area contributed by atoms with Crippen molar-refractivity contribution >= 4 is 11.9 Å². The van der Waals surface area contributed by atoms with E-state index in [4.69, 9.17) is 0 Å². The molecular weight excluding hydrogens is 356 g/mol. The molecule has 1 atom stereocenters. The Labute approximate surface area is 162 Å². The summed E-state index contributed by atoms with van der Waals surface area (Å²) >= 11 is 0. The van der Waals surface area contributed by atoms with Gasteiger partial charge < -0.3 is 10.0 Å². The highest BCUT2D eigenvalue weighted by Gasteiger charge is 2.34. The van der Waals surface area contributed by atoms with E-state index in [0.717, 1.165) is 22.5 Å². The maximum absolute atomic E-state index is 13.0. The molecule has 1 aliphatic rings. The van der Waals surface area contributed by atoms with Crippen LogP contribution in [0.1, 0.15) is 22.5 Å². The molecule has 0 saturated carbocycles. The number of nitrogens with zero attached hydrogens (tertiary/aromatic N) is 4. The standard InChI is InChI=1S/C21H20N4O3/c1-14-18(22-23-25(14)17-9-3-2-4-10-17)12-20(26)24-13-16-8-6-5-7-15(16)11-19(24)21(27)28/h2-10,19H,11-13H2,1H3,(H,27,28)/t19-/m0/s1. The van der Waals surface area contributed by atoms with Crippen LogP contribution < -0.4 is 0 Å². The fraction of sp³-hybridized carbons (Fsp3) is 0.238. The first kappa shape index (κ1) is 17.9. The third-order valence-corrected chi connectivity index (χ3v) is 5.16. The SMILES string of the molecule is Cc1c(CC(=O)N2Cc3ccccc3C[C@H]2C(=O)O)nnn1-c1ccccc1. The number of aliphatic carboxylic acids is 1. The molecule has 7 heteroatoms. The maximum Gasteiger partial charge on any atom is 0.326 e. The zero-order chi connectivity index (χ0) is 19.7. The quantitative estimate of drug-likeness (QED) is 0.754. The van der Waals surface area contributed by atoms with Gasteiger partial charge in [-0.2, -0.15) is 0 Å². The molecule has 0 unspecified atom stereocenters. The van der Waals surface area contributed by atoms with Gasteiger partial charge >= 0.3 is 5.97 Å². The summed E-state index contributed by atoms with van der Waals surface area (Å²) in [6.07, 6.45) is 0.331. The Morgan fingerprint density at radius 3 is 2.46 bits per heavy atom. The first-order valence-electron chi connectivity index (χ1n) is 9.10. The van der Waals surface area contributed by atoms with Crippen LogP contribution in [0.3, 0.4) is 0 Å². The zero-order valence-corrected chi connectivity index (χ0v) is 15.4. The van der Waals surface area contributed by atoms with Gasteiger partial charge in [-0.1, -0.05) is 47.7 Å². The van der Waals surface area contributed by atoms with Crippen molar-refractivity contribution in [3.05, 3.63) is 77.1 Å². The van der Waals surface area contributed by atoms with E-state index >= 15 is 0 Å². The number of rotatable bonds is 4. The molecule has 1 aromatic heterocycles. The van der Waals surface area contributed by atoms with E-state index in [9.17, 15) is 14.7 Å². The van der Waals surface area contributed by atoms with Crippen LogP contribution in [0.15, 0.2) is 54.6 Å². The van der Waals surface area contributed by atoms with E-state index in [1.54, 1.807) is 4.68 Å². The third-order valence-electron chi connectivity index (χ3n) is 5.16. The van der Waals surface area contributed by atoms with Crippen LogP contribution in [0.5, 0.6) is 0 Å². The lowest BCUT2D eigenvalue weighted by atomic mass is 9.93. The molecule has 2 heterocycles. The smallest absolute Gasteiger partial charge is 0.326 e. The minimum absolute atomic E-state index is 0.0185. The van der Waals surface area contributed by atoms with Crippen LogP contribution in [-0.2, 0) is 29.0 Å². The predicted molar refractivity (Wildman–Crippen MR) is 102 cm³/mol. The van der Waals surface area contributed by atoms with Gasteiger partial charge in [0.1, 0.15) is 6.04 Å². The largest absolute Gasteiger partial charge is 0.480 e. The summed E-state index contributed by atoms with van der Waals surface area (Å²) < 4.78 is 1.68. The molecule has 1 aliphatic heterocycles. The monoisotopic (exact) mass is 376 g/mol. The topological polar surface area (TPSA) is 88.3 Å². The van der Waals surface area contributed by atoms with Gasteiger partial charge in [-0.3, -0.25) is 4.79 Å². The van der Waals surface area contributed by atoms with E-state index in [2.05, 4.69) is 10.3 Å². The Hall–Kier alpha value is -3.48. The first-order valence-corrected chi connectivity index (χ1v) is 9.10. The molecule has 0 saturated heterocycles. The van der Waals surface area contributed by atoms with Crippen molar-refractivity contribution in [2.75, 3.05) is 0 Å². The van der Waals surface area contributed by atoms with Gasteiger partial charge in [-0.05, 0) is 30.2 Å². The van der Waals surface area contributed by atoms with Crippen molar-refractivity contribution in [2.24, 2.45) is 0 Å². The number of carboxylic acids is 1. The molecule has 0 aliphatic carbocycles. The van der Waals surface area contributed by atoms with Crippen molar-refractivity contribution in [3.63, 3.8) is 0 Å². The van der Waals surface area contributed by atoms with E-state index in [1.165, 1.54) is 4.90 Å². The number of carbonyl (C=O) groups is 2. The fourth-order valence-corrected chi connectivity index (χ4v) is 3.59. The number of hydrogen-bond donors (Lipinski definition) is 1. The summed E-state index contributed by atoms with van der Waals surface area (Å²) in [6.45, 7) is 2.15. The molecular formula is C21H20N4O3. The predicted octanol–water partition coefficient (Wildman–Crippen LogP) is 2.16. The van der Waals surface area contributed by atoms with Crippen molar-refractivity contribution in [1.82, 2.24) is 19.9 Å². The molecule has 0 radical (unpaired) electrons. The van der Waals surface area contributed by atoms with Crippen LogP contribution in [0, 0.1) is 6.92 Å². The highest BCUT2D eigenvalue weighted by molar-refractivity contribution is 5.85. The van der Waals surface area contributed by atoms with Crippen molar-refractivity contribution in [3.8, 4) is 5.69 Å². The lowest BCUT2D eigenvalue weighted by Crippen LogP contribution is -2.49. The number of carbonyl (C=O) groups excluding carboxylic acids is 1. The van der Waals surface area contributed by atoms with Gasteiger partial charge in [0.25, 0.3) is 0 Å². The number of aromatic nitrogens is 3. The van der Waals surface area contributed by atoms with Crippen molar-refractivity contribution < 1.29 is 14.7 Å². The van der Waals surface area contributed by atoms with Crippen molar-refractivity contribution in [1.29, 1.82) is 0 Å². The molecule has 3 aromatic rings. The van der Waals surface area contributed by atoms with Crippen LogP contribution in [0.2, 0.25) is 0 Å². The average Bonchev–Trinajstić information content (AvgIpc) is 3.07. The number of benzene rings is 2. The number of fused-ring (bicyclic) bond motifs is 1. The van der Waals surface area contributed by atoms with Crippen LogP contribution in [0.25, 0.3) is 5.69 Å². The second-order valence-electron chi connectivity index (χ2n) is 6.89. The molecule has 0 spiro atoms. The second-order valence-corrected chi connectivity index (χ2v) is 6.89. The number of para-hydroxylation sites is 1. The van der Waals surface area contributed by atoms with Gasteiger partial charge in [-0.25, -0.2) is 9.48 Å². The lowest BCUT2D eigenvalue weighted by Gasteiger charge is -2.34. The first-order chi connectivity index (χ1) is 13.5. The van der Waals surface area contributed by atoms with Gasteiger partial charge in [0.15, 0.2) is 0 Å². The zero-order valence-electron chi connectivity index (χ0n) is 15.4. The number of carboxylic acid groups (broad SMARTS) is 1. The fourth-order valence-electron chi connectivity index (χ4n) is 3.59. The van der Waals surface area contributed by atoms with Crippen LogP contribution in [0.4, 0.5) is 0 Å². The lowest BCUT2D eigenvalue weighted by molar-refractivity contribution is -0.151. The molecule has 2 aromatic carbocycles. The minimum Gasteiger partial charge on any atom is -0.480 e. The van der Waals surface area contributed by atoms with Gasteiger partial charge in [0, 0.05) is 13.0 Å². The molecule has 142 valence electrons. The van der Waals surface area contributed by atoms with Gasteiger partial charge in [0.2, 0.25) is 5.91 Å².